The fourth-order valence-corrected chi connectivity index (χ4v) is 1.85. The normalized spacial score (nSPS) is 10.5. The number of halogens is 1. The zero-order valence-corrected chi connectivity index (χ0v) is 10.2. The van der Waals surface area contributed by atoms with E-state index in [1.807, 2.05) is 0 Å². The maximum absolute atomic E-state index is 12.0. The highest BCUT2D eigenvalue weighted by atomic mass is 35.5. The Morgan fingerprint density at radius 3 is 2.53 bits per heavy atom. The minimum atomic E-state index is -0.347. The van der Waals surface area contributed by atoms with E-state index in [1.165, 1.54) is 17.8 Å². The van der Waals surface area contributed by atoms with Crippen molar-refractivity contribution < 1.29 is 0 Å². The predicted molar refractivity (Wildman–Crippen MR) is 67.4 cm³/mol. The van der Waals surface area contributed by atoms with Gasteiger partial charge in [0.2, 0.25) is 0 Å². The van der Waals surface area contributed by atoms with Crippen molar-refractivity contribution in [1.82, 2.24) is 9.13 Å². The van der Waals surface area contributed by atoms with Gasteiger partial charge >= 0.3 is 5.69 Å². The molecule has 5 heteroatoms. The van der Waals surface area contributed by atoms with Gasteiger partial charge in [-0.05, 0) is 17.7 Å². The summed E-state index contributed by atoms with van der Waals surface area (Å²) >= 11 is 5.88. The van der Waals surface area contributed by atoms with Gasteiger partial charge in [0.05, 0.1) is 5.56 Å². The Balaban J connectivity index is 2.78. The minimum Gasteiger partial charge on any atom is -0.303 e. The predicted octanol–water partition coefficient (Wildman–Crippen LogP) is 1.40. The van der Waals surface area contributed by atoms with Crippen molar-refractivity contribution in [2.45, 2.75) is 0 Å². The van der Waals surface area contributed by atoms with Gasteiger partial charge in [-0.2, -0.15) is 0 Å². The molecule has 4 nitrogen and oxygen atoms in total. The lowest BCUT2D eigenvalue weighted by Crippen LogP contribution is -2.37. The van der Waals surface area contributed by atoms with Crippen LogP contribution in [0.5, 0.6) is 0 Å². The van der Waals surface area contributed by atoms with Crippen LogP contribution in [0.1, 0.15) is 0 Å². The number of hydrogen-bond donors (Lipinski definition) is 0. The summed E-state index contributed by atoms with van der Waals surface area (Å²) in [7, 11) is 3.06. The smallest absolute Gasteiger partial charge is 0.303 e. The molecule has 0 saturated heterocycles. The fourth-order valence-electron chi connectivity index (χ4n) is 1.66. The van der Waals surface area contributed by atoms with Crippen LogP contribution in [0, 0.1) is 0 Å². The number of rotatable bonds is 1. The lowest BCUT2D eigenvalue weighted by molar-refractivity contribution is 0.688. The average molecular weight is 251 g/mol. The van der Waals surface area contributed by atoms with Crippen molar-refractivity contribution in [1.29, 1.82) is 0 Å². The second kappa shape index (κ2) is 4.22. The van der Waals surface area contributed by atoms with Crippen LogP contribution in [0.25, 0.3) is 11.1 Å². The summed E-state index contributed by atoms with van der Waals surface area (Å²) in [5.41, 5.74) is 0.488. The molecule has 1 aromatic heterocycles. The molecule has 0 aliphatic rings. The Kier molecular flexibility index (Phi) is 2.90. The second-order valence-electron chi connectivity index (χ2n) is 3.81. The molecule has 0 N–H and O–H groups in total. The van der Waals surface area contributed by atoms with E-state index in [2.05, 4.69) is 0 Å². The first-order chi connectivity index (χ1) is 8.00. The van der Waals surface area contributed by atoms with Crippen LogP contribution < -0.4 is 11.2 Å². The van der Waals surface area contributed by atoms with E-state index in [-0.39, 0.29) is 11.2 Å². The molecule has 0 aliphatic heterocycles. The van der Waals surface area contributed by atoms with Gasteiger partial charge in [-0.25, -0.2) is 4.79 Å². The number of aryl methyl sites for hydroxylation is 1. The highest BCUT2D eigenvalue weighted by Gasteiger charge is 2.08. The van der Waals surface area contributed by atoms with Gasteiger partial charge < -0.3 is 4.57 Å². The van der Waals surface area contributed by atoms with Crippen LogP contribution in [0.4, 0.5) is 0 Å². The molecule has 2 rings (SSSR count). The van der Waals surface area contributed by atoms with E-state index in [0.717, 1.165) is 4.57 Å². The van der Waals surface area contributed by atoms with Gasteiger partial charge in [-0.15, -0.1) is 0 Å². The molecule has 0 unspecified atom stereocenters. The zero-order chi connectivity index (χ0) is 12.6. The van der Waals surface area contributed by atoms with Crippen LogP contribution in [-0.4, -0.2) is 9.13 Å². The SMILES string of the molecule is Cn1cc(-c2cccc(Cl)c2)c(=O)n(C)c1=O. The van der Waals surface area contributed by atoms with Gasteiger partial charge in [0, 0.05) is 25.3 Å². The summed E-state index contributed by atoms with van der Waals surface area (Å²) < 4.78 is 2.45. The van der Waals surface area contributed by atoms with Crippen LogP contribution in [0.3, 0.4) is 0 Å². The summed E-state index contributed by atoms with van der Waals surface area (Å²) in [5.74, 6) is 0. The molecule has 0 fully saturated rings. The molecule has 88 valence electrons. The van der Waals surface area contributed by atoms with Gasteiger partial charge in [0.25, 0.3) is 5.56 Å². The standard InChI is InChI=1S/C12H11ClN2O2/c1-14-7-10(11(16)15(2)12(14)17)8-4-3-5-9(13)6-8/h3-7H,1-2H3. The summed E-state index contributed by atoms with van der Waals surface area (Å²) in [6.07, 6.45) is 1.52. The molecule has 0 bridgehead atoms. The Bertz CT molecular complexity index is 686. The zero-order valence-electron chi connectivity index (χ0n) is 9.48. The van der Waals surface area contributed by atoms with Crippen molar-refractivity contribution in [3.05, 3.63) is 56.3 Å². The van der Waals surface area contributed by atoms with E-state index in [4.69, 9.17) is 11.6 Å². The Morgan fingerprint density at radius 2 is 1.88 bits per heavy atom. The molecule has 0 radical (unpaired) electrons. The molecule has 0 saturated carbocycles. The Hall–Kier alpha value is -1.81. The van der Waals surface area contributed by atoms with Crippen molar-refractivity contribution in [2.75, 3.05) is 0 Å². The monoisotopic (exact) mass is 250 g/mol. The average Bonchev–Trinajstić information content (AvgIpc) is 2.31. The topological polar surface area (TPSA) is 44.0 Å². The first kappa shape index (κ1) is 11.7. The largest absolute Gasteiger partial charge is 0.330 e. The maximum Gasteiger partial charge on any atom is 0.330 e. The van der Waals surface area contributed by atoms with Gasteiger partial charge in [0.15, 0.2) is 0 Å². The Morgan fingerprint density at radius 1 is 1.18 bits per heavy atom. The van der Waals surface area contributed by atoms with Gasteiger partial charge in [-0.1, -0.05) is 23.7 Å². The molecule has 0 spiro atoms. The lowest BCUT2D eigenvalue weighted by atomic mass is 10.1. The fraction of sp³-hybridized carbons (Fsp3) is 0.167. The van der Waals surface area contributed by atoms with Crippen LogP contribution in [0.2, 0.25) is 5.02 Å². The molecule has 0 amide bonds. The quantitative estimate of drug-likeness (QED) is 0.768. The van der Waals surface area contributed by atoms with Gasteiger partial charge in [-0.3, -0.25) is 9.36 Å². The Labute approximate surface area is 103 Å². The third-order valence-corrected chi connectivity index (χ3v) is 2.82. The summed E-state index contributed by atoms with van der Waals surface area (Å²) in [6.45, 7) is 0. The second-order valence-corrected chi connectivity index (χ2v) is 4.25. The number of aromatic nitrogens is 2. The third-order valence-electron chi connectivity index (χ3n) is 2.58. The van der Waals surface area contributed by atoms with Crippen LogP contribution in [0.15, 0.2) is 40.1 Å². The van der Waals surface area contributed by atoms with E-state index < -0.39 is 0 Å². The lowest BCUT2D eigenvalue weighted by Gasteiger charge is -2.06. The molecule has 2 aromatic rings. The molecule has 1 aromatic carbocycles. The van der Waals surface area contributed by atoms with Crippen LogP contribution in [-0.2, 0) is 14.1 Å². The third kappa shape index (κ3) is 2.03. The molecule has 0 aliphatic carbocycles. The first-order valence-electron chi connectivity index (χ1n) is 5.03. The number of benzene rings is 1. The van der Waals surface area contributed by atoms with Crippen LogP contribution >= 0.6 is 11.6 Å². The first-order valence-corrected chi connectivity index (χ1v) is 5.41. The van der Waals surface area contributed by atoms with Gasteiger partial charge in [0.1, 0.15) is 0 Å². The van der Waals surface area contributed by atoms with Crippen molar-refractivity contribution in [3.63, 3.8) is 0 Å². The summed E-state index contributed by atoms with van der Waals surface area (Å²) in [4.78, 5) is 23.5. The minimum absolute atomic E-state index is 0.324. The van der Waals surface area contributed by atoms with E-state index in [9.17, 15) is 9.59 Å². The maximum atomic E-state index is 12.0. The molecular weight excluding hydrogens is 240 g/mol. The van der Waals surface area contributed by atoms with Crippen molar-refractivity contribution in [3.8, 4) is 11.1 Å². The molecule has 1 heterocycles. The highest BCUT2D eigenvalue weighted by Crippen LogP contribution is 2.18. The molecule has 0 atom stereocenters. The van der Waals surface area contributed by atoms with E-state index in [0.29, 0.717) is 16.1 Å². The van der Waals surface area contributed by atoms with E-state index in [1.54, 1.807) is 31.3 Å². The van der Waals surface area contributed by atoms with Crippen molar-refractivity contribution >= 4 is 11.6 Å². The highest BCUT2D eigenvalue weighted by molar-refractivity contribution is 6.30. The van der Waals surface area contributed by atoms with Crippen molar-refractivity contribution in [2.24, 2.45) is 14.1 Å². The number of hydrogen-bond acceptors (Lipinski definition) is 2. The molecular formula is C12H11ClN2O2. The number of nitrogens with zero attached hydrogens (tertiary/aromatic N) is 2. The summed E-state index contributed by atoms with van der Waals surface area (Å²) in [6, 6.07) is 6.98. The summed E-state index contributed by atoms with van der Waals surface area (Å²) in [5, 5.41) is 0.554. The van der Waals surface area contributed by atoms with E-state index >= 15 is 0 Å². The molecule has 17 heavy (non-hydrogen) atoms.